The van der Waals surface area contributed by atoms with Crippen LogP contribution in [0.15, 0.2) is 18.2 Å². The molecule has 2 aliphatic rings. The van der Waals surface area contributed by atoms with Crippen LogP contribution < -0.4 is 5.32 Å². The van der Waals surface area contributed by atoms with Gasteiger partial charge >= 0.3 is 0 Å². The van der Waals surface area contributed by atoms with Crippen molar-refractivity contribution in [2.24, 2.45) is 5.92 Å². The molecular weight excluding hydrogens is 246 g/mol. The fourth-order valence-electron chi connectivity index (χ4n) is 2.78. The number of imidazole rings is 1. The lowest BCUT2D eigenvalue weighted by molar-refractivity contribution is 0.337. The molecule has 0 amide bonds. The summed E-state index contributed by atoms with van der Waals surface area (Å²) in [6, 6.07) is 6.67. The lowest BCUT2D eigenvalue weighted by Gasteiger charge is -2.26. The standard InChI is InChI=1S/C14H16ClN3/c15-11-2-1-3-12-14(11)18(10-4-5-10)13(17-12)6-9-7-16-8-9/h1-3,9-10,16H,4-8H2. The summed E-state index contributed by atoms with van der Waals surface area (Å²) in [5.74, 6) is 1.98. The predicted octanol–water partition coefficient (Wildman–Crippen LogP) is 2.79. The van der Waals surface area contributed by atoms with Crippen molar-refractivity contribution in [3.05, 3.63) is 29.0 Å². The van der Waals surface area contributed by atoms with Gasteiger partial charge in [-0.2, -0.15) is 0 Å². The highest BCUT2D eigenvalue weighted by atomic mass is 35.5. The molecule has 1 aromatic heterocycles. The number of aromatic nitrogens is 2. The first kappa shape index (κ1) is 10.8. The largest absolute Gasteiger partial charge is 0.324 e. The summed E-state index contributed by atoms with van der Waals surface area (Å²) >= 11 is 6.36. The highest BCUT2D eigenvalue weighted by Gasteiger charge is 2.30. The molecule has 3 nitrogen and oxygen atoms in total. The molecule has 18 heavy (non-hydrogen) atoms. The third kappa shape index (κ3) is 1.65. The van der Waals surface area contributed by atoms with Gasteiger partial charge in [-0.05, 0) is 44.0 Å². The Balaban J connectivity index is 1.84. The van der Waals surface area contributed by atoms with Gasteiger partial charge < -0.3 is 9.88 Å². The summed E-state index contributed by atoms with van der Waals surface area (Å²) in [5, 5.41) is 4.17. The van der Waals surface area contributed by atoms with Crippen LogP contribution >= 0.6 is 11.6 Å². The molecule has 1 saturated carbocycles. The molecule has 4 heteroatoms. The number of hydrogen-bond donors (Lipinski definition) is 1. The molecule has 0 atom stereocenters. The molecule has 0 unspecified atom stereocenters. The Morgan fingerprint density at radius 3 is 2.83 bits per heavy atom. The molecule has 1 aromatic carbocycles. The summed E-state index contributed by atoms with van der Waals surface area (Å²) < 4.78 is 2.40. The van der Waals surface area contributed by atoms with E-state index in [1.165, 1.54) is 18.7 Å². The minimum atomic E-state index is 0.637. The fraction of sp³-hybridized carbons (Fsp3) is 0.500. The molecule has 1 aliphatic carbocycles. The maximum absolute atomic E-state index is 6.36. The van der Waals surface area contributed by atoms with Crippen molar-refractivity contribution < 1.29 is 0 Å². The van der Waals surface area contributed by atoms with E-state index in [1.807, 2.05) is 12.1 Å². The summed E-state index contributed by atoms with van der Waals surface area (Å²) in [7, 11) is 0. The van der Waals surface area contributed by atoms with Crippen LogP contribution in [0.1, 0.15) is 24.7 Å². The van der Waals surface area contributed by atoms with Crippen LogP contribution in [0.2, 0.25) is 5.02 Å². The monoisotopic (exact) mass is 261 g/mol. The summed E-state index contributed by atoms with van der Waals surface area (Å²) in [6.07, 6.45) is 3.62. The van der Waals surface area contributed by atoms with Crippen molar-refractivity contribution in [1.82, 2.24) is 14.9 Å². The Hall–Kier alpha value is -1.06. The minimum Gasteiger partial charge on any atom is -0.324 e. The highest BCUT2D eigenvalue weighted by Crippen LogP contribution is 2.40. The number of nitrogens with one attached hydrogen (secondary N) is 1. The van der Waals surface area contributed by atoms with E-state index < -0.39 is 0 Å². The first-order valence-electron chi connectivity index (χ1n) is 6.69. The highest BCUT2D eigenvalue weighted by molar-refractivity contribution is 6.35. The predicted molar refractivity (Wildman–Crippen MR) is 73.1 cm³/mol. The molecular formula is C14H16ClN3. The zero-order chi connectivity index (χ0) is 12.1. The van der Waals surface area contributed by atoms with Crippen molar-refractivity contribution in [2.75, 3.05) is 13.1 Å². The second-order valence-corrected chi connectivity index (χ2v) is 5.87. The normalized spacial score (nSPS) is 20.3. The van der Waals surface area contributed by atoms with Crippen molar-refractivity contribution >= 4 is 22.6 Å². The number of fused-ring (bicyclic) bond motifs is 1. The van der Waals surface area contributed by atoms with Gasteiger partial charge in [0.25, 0.3) is 0 Å². The fourth-order valence-corrected chi connectivity index (χ4v) is 3.04. The average molecular weight is 262 g/mol. The summed E-state index contributed by atoms with van der Waals surface area (Å²) in [6.45, 7) is 2.25. The first-order valence-corrected chi connectivity index (χ1v) is 7.07. The van der Waals surface area contributed by atoms with Crippen LogP contribution in [-0.4, -0.2) is 22.6 Å². The molecule has 1 aliphatic heterocycles. The average Bonchev–Trinajstić information content (AvgIpc) is 3.06. The SMILES string of the molecule is Clc1cccc2nc(CC3CNC3)n(C3CC3)c12. The summed E-state index contributed by atoms with van der Waals surface area (Å²) in [4.78, 5) is 4.81. The molecule has 1 N–H and O–H groups in total. The van der Waals surface area contributed by atoms with Gasteiger partial charge in [0, 0.05) is 12.5 Å². The third-order valence-electron chi connectivity index (χ3n) is 3.98. The number of benzene rings is 1. The quantitative estimate of drug-likeness (QED) is 0.921. The number of rotatable bonds is 3. The van der Waals surface area contributed by atoms with Crippen molar-refractivity contribution in [1.29, 1.82) is 0 Å². The first-order chi connectivity index (χ1) is 8.83. The molecule has 4 rings (SSSR count). The van der Waals surface area contributed by atoms with Gasteiger partial charge in [0.1, 0.15) is 5.82 Å². The molecule has 0 spiro atoms. The van der Waals surface area contributed by atoms with Gasteiger partial charge in [-0.15, -0.1) is 0 Å². The second kappa shape index (κ2) is 3.97. The van der Waals surface area contributed by atoms with Gasteiger partial charge in [0.2, 0.25) is 0 Å². The zero-order valence-corrected chi connectivity index (χ0v) is 11.0. The van der Waals surface area contributed by atoms with E-state index in [-0.39, 0.29) is 0 Å². The van der Waals surface area contributed by atoms with E-state index in [0.717, 1.165) is 41.5 Å². The maximum Gasteiger partial charge on any atom is 0.110 e. The zero-order valence-electron chi connectivity index (χ0n) is 10.2. The van der Waals surface area contributed by atoms with Crippen LogP contribution in [0.4, 0.5) is 0 Å². The van der Waals surface area contributed by atoms with Crippen LogP contribution in [0.5, 0.6) is 0 Å². The molecule has 0 bridgehead atoms. The van der Waals surface area contributed by atoms with Crippen molar-refractivity contribution in [3.8, 4) is 0 Å². The lowest BCUT2D eigenvalue weighted by Crippen LogP contribution is -2.43. The van der Waals surface area contributed by atoms with Crippen LogP contribution in [-0.2, 0) is 6.42 Å². The molecule has 2 fully saturated rings. The Morgan fingerprint density at radius 1 is 1.33 bits per heavy atom. The van der Waals surface area contributed by atoms with Gasteiger partial charge in [0.05, 0.1) is 16.1 Å². The molecule has 2 heterocycles. The topological polar surface area (TPSA) is 29.9 Å². The van der Waals surface area contributed by atoms with Gasteiger partial charge in [-0.25, -0.2) is 4.98 Å². The van der Waals surface area contributed by atoms with E-state index in [1.54, 1.807) is 0 Å². The molecule has 0 radical (unpaired) electrons. The van der Waals surface area contributed by atoms with Gasteiger partial charge in [-0.3, -0.25) is 0 Å². The third-order valence-corrected chi connectivity index (χ3v) is 4.29. The number of halogens is 1. The lowest BCUT2D eigenvalue weighted by atomic mass is 9.99. The van der Waals surface area contributed by atoms with Crippen LogP contribution in [0.3, 0.4) is 0 Å². The molecule has 94 valence electrons. The molecule has 1 saturated heterocycles. The summed E-state index contributed by atoms with van der Waals surface area (Å²) in [5.41, 5.74) is 2.20. The van der Waals surface area contributed by atoms with E-state index in [2.05, 4.69) is 16.0 Å². The van der Waals surface area contributed by atoms with Crippen molar-refractivity contribution in [3.63, 3.8) is 0 Å². The Kier molecular flexibility index (Phi) is 2.39. The Morgan fingerprint density at radius 2 is 2.17 bits per heavy atom. The van der Waals surface area contributed by atoms with Gasteiger partial charge in [0.15, 0.2) is 0 Å². The Bertz CT molecular complexity index is 596. The van der Waals surface area contributed by atoms with E-state index in [0.29, 0.717) is 6.04 Å². The number of nitrogens with zero attached hydrogens (tertiary/aromatic N) is 2. The van der Waals surface area contributed by atoms with Crippen LogP contribution in [0, 0.1) is 5.92 Å². The maximum atomic E-state index is 6.36. The second-order valence-electron chi connectivity index (χ2n) is 5.47. The van der Waals surface area contributed by atoms with E-state index >= 15 is 0 Å². The molecule has 2 aromatic rings. The number of hydrogen-bond acceptors (Lipinski definition) is 2. The van der Waals surface area contributed by atoms with E-state index in [9.17, 15) is 0 Å². The van der Waals surface area contributed by atoms with Gasteiger partial charge in [-0.1, -0.05) is 17.7 Å². The Labute approximate surface area is 111 Å². The van der Waals surface area contributed by atoms with Crippen LogP contribution in [0.25, 0.3) is 11.0 Å². The van der Waals surface area contributed by atoms with E-state index in [4.69, 9.17) is 16.6 Å². The van der Waals surface area contributed by atoms with Crippen molar-refractivity contribution in [2.45, 2.75) is 25.3 Å². The minimum absolute atomic E-state index is 0.637. The smallest absolute Gasteiger partial charge is 0.110 e. The number of para-hydroxylation sites is 1.